The Morgan fingerprint density at radius 1 is 1.06 bits per heavy atom. The summed E-state index contributed by atoms with van der Waals surface area (Å²) in [5.41, 5.74) is 1.94. The Morgan fingerprint density at radius 3 is 2.50 bits per heavy atom. The van der Waals surface area contributed by atoms with E-state index in [1.807, 2.05) is 65.6 Å². The number of thiophene rings is 1. The number of likely N-dealkylation sites (tertiary alicyclic amines) is 1. The average Bonchev–Trinajstić information content (AvgIpc) is 3.31. The van der Waals surface area contributed by atoms with Gasteiger partial charge in [-0.05, 0) is 48.7 Å². The lowest BCUT2D eigenvalue weighted by Gasteiger charge is -2.32. The van der Waals surface area contributed by atoms with E-state index in [0.29, 0.717) is 29.4 Å². The van der Waals surface area contributed by atoms with E-state index in [-0.39, 0.29) is 17.9 Å². The maximum absolute atomic E-state index is 12.7. The first-order chi connectivity index (χ1) is 15.5. The van der Waals surface area contributed by atoms with Crippen LogP contribution >= 0.6 is 22.9 Å². The van der Waals surface area contributed by atoms with E-state index in [1.165, 1.54) is 11.3 Å². The van der Waals surface area contributed by atoms with E-state index in [4.69, 9.17) is 16.3 Å². The lowest BCUT2D eigenvalue weighted by atomic mass is 10.0. The van der Waals surface area contributed by atoms with Crippen molar-refractivity contribution in [1.82, 2.24) is 10.2 Å². The third kappa shape index (κ3) is 5.31. The number of piperidine rings is 1. The Hall–Kier alpha value is -2.83. The molecule has 1 N–H and O–H groups in total. The van der Waals surface area contributed by atoms with Gasteiger partial charge in [0.15, 0.2) is 0 Å². The molecule has 0 saturated carbocycles. The van der Waals surface area contributed by atoms with Gasteiger partial charge in [-0.25, -0.2) is 0 Å². The molecule has 3 aromatic rings. The maximum atomic E-state index is 12.7. The minimum Gasteiger partial charge on any atom is -0.496 e. The fourth-order valence-corrected chi connectivity index (χ4v) is 4.92. The number of ether oxygens (including phenoxy) is 1. The van der Waals surface area contributed by atoms with Crippen LogP contribution in [0.2, 0.25) is 5.02 Å². The Balaban J connectivity index is 1.29. The van der Waals surface area contributed by atoms with Crippen LogP contribution in [0, 0.1) is 0 Å². The molecule has 0 radical (unpaired) electrons. The zero-order chi connectivity index (χ0) is 22.5. The van der Waals surface area contributed by atoms with Gasteiger partial charge in [0, 0.05) is 34.6 Å². The minimum atomic E-state index is -0.0611. The Kier molecular flexibility index (Phi) is 7.12. The predicted molar refractivity (Wildman–Crippen MR) is 129 cm³/mol. The van der Waals surface area contributed by atoms with Crippen molar-refractivity contribution in [1.29, 1.82) is 0 Å². The molecule has 7 heteroatoms. The first kappa shape index (κ1) is 22.4. The molecule has 0 aliphatic carbocycles. The number of methoxy groups -OCH3 is 1. The molecule has 166 valence electrons. The number of halogens is 1. The zero-order valence-corrected chi connectivity index (χ0v) is 19.4. The van der Waals surface area contributed by atoms with Crippen LogP contribution in [0.15, 0.2) is 60.7 Å². The average molecular weight is 469 g/mol. The number of nitrogens with zero attached hydrogens (tertiary/aromatic N) is 1. The lowest BCUT2D eigenvalue weighted by Crippen LogP contribution is -2.46. The molecule has 1 aliphatic rings. The summed E-state index contributed by atoms with van der Waals surface area (Å²) in [5, 5.41) is 3.82. The fraction of sp³-hybridized carbons (Fsp3) is 0.280. The van der Waals surface area contributed by atoms with Gasteiger partial charge in [-0.15, -0.1) is 11.3 Å². The molecular formula is C25H25ClN2O3S. The van der Waals surface area contributed by atoms with Crippen LogP contribution in [0.3, 0.4) is 0 Å². The van der Waals surface area contributed by atoms with Crippen LogP contribution in [0.1, 0.15) is 28.1 Å². The largest absolute Gasteiger partial charge is 0.496 e. The summed E-state index contributed by atoms with van der Waals surface area (Å²) in [7, 11) is 1.61. The van der Waals surface area contributed by atoms with Gasteiger partial charge in [0.25, 0.3) is 5.91 Å². The molecule has 2 aromatic carbocycles. The van der Waals surface area contributed by atoms with Gasteiger partial charge < -0.3 is 15.0 Å². The summed E-state index contributed by atoms with van der Waals surface area (Å²) >= 11 is 7.42. The van der Waals surface area contributed by atoms with E-state index in [9.17, 15) is 9.59 Å². The molecule has 1 aromatic heterocycles. The van der Waals surface area contributed by atoms with Crippen molar-refractivity contribution in [3.63, 3.8) is 0 Å². The maximum Gasteiger partial charge on any atom is 0.261 e. The highest BCUT2D eigenvalue weighted by Crippen LogP contribution is 2.29. The lowest BCUT2D eigenvalue weighted by molar-refractivity contribution is -0.131. The molecule has 0 spiro atoms. The summed E-state index contributed by atoms with van der Waals surface area (Å²) in [6.45, 7) is 1.28. The highest BCUT2D eigenvalue weighted by molar-refractivity contribution is 7.17. The molecular weight excluding hydrogens is 444 g/mol. The summed E-state index contributed by atoms with van der Waals surface area (Å²) in [4.78, 5) is 29.0. The van der Waals surface area contributed by atoms with Crippen LogP contribution in [0.4, 0.5) is 0 Å². The predicted octanol–water partition coefficient (Wildman–Crippen LogP) is 5.04. The molecule has 2 amide bonds. The summed E-state index contributed by atoms with van der Waals surface area (Å²) in [5.74, 6) is 0.760. The smallest absolute Gasteiger partial charge is 0.261 e. The van der Waals surface area contributed by atoms with Crippen LogP contribution in [-0.4, -0.2) is 43.0 Å². The van der Waals surface area contributed by atoms with E-state index < -0.39 is 0 Å². The first-order valence-corrected chi connectivity index (χ1v) is 11.8. The van der Waals surface area contributed by atoms with Gasteiger partial charge in [0.1, 0.15) is 5.75 Å². The molecule has 0 unspecified atom stereocenters. The summed E-state index contributed by atoms with van der Waals surface area (Å²) in [6.07, 6.45) is 1.82. The monoisotopic (exact) mass is 468 g/mol. The summed E-state index contributed by atoms with van der Waals surface area (Å²) < 4.78 is 5.35. The Labute approximate surface area is 197 Å². The van der Waals surface area contributed by atoms with Crippen molar-refractivity contribution in [2.45, 2.75) is 25.3 Å². The van der Waals surface area contributed by atoms with Crippen LogP contribution in [0.25, 0.3) is 10.4 Å². The second-order valence-corrected chi connectivity index (χ2v) is 9.31. The van der Waals surface area contributed by atoms with Crippen LogP contribution in [-0.2, 0) is 11.2 Å². The molecule has 32 heavy (non-hydrogen) atoms. The SMILES string of the molecule is COc1ccccc1CC(=O)N1CCC(NC(=O)c2ccc(-c3ccc(Cl)cc3)s2)CC1. The van der Waals surface area contributed by atoms with Crippen molar-refractivity contribution in [3.8, 4) is 16.2 Å². The molecule has 0 atom stereocenters. The quantitative estimate of drug-likeness (QED) is 0.551. The van der Waals surface area contributed by atoms with Crippen molar-refractivity contribution >= 4 is 34.8 Å². The topological polar surface area (TPSA) is 58.6 Å². The van der Waals surface area contributed by atoms with Crippen LogP contribution in [0.5, 0.6) is 5.75 Å². The van der Waals surface area contributed by atoms with Gasteiger partial charge in [0.05, 0.1) is 18.4 Å². The standard InChI is InChI=1S/C25H25ClN2O3S/c1-31-21-5-3-2-4-18(21)16-24(29)28-14-12-20(13-15-28)27-25(30)23-11-10-22(32-23)17-6-8-19(26)9-7-17/h2-11,20H,12-16H2,1H3,(H,27,30). The van der Waals surface area contributed by atoms with Crippen molar-refractivity contribution < 1.29 is 14.3 Å². The number of hydrogen-bond acceptors (Lipinski definition) is 4. The number of carbonyl (C=O) groups excluding carboxylic acids is 2. The van der Waals surface area contributed by atoms with E-state index >= 15 is 0 Å². The second-order valence-electron chi connectivity index (χ2n) is 7.79. The molecule has 2 heterocycles. The zero-order valence-electron chi connectivity index (χ0n) is 17.8. The highest BCUT2D eigenvalue weighted by Gasteiger charge is 2.25. The third-order valence-corrected chi connectivity index (χ3v) is 7.06. The fourth-order valence-electron chi connectivity index (χ4n) is 3.88. The number of hydrogen-bond donors (Lipinski definition) is 1. The van der Waals surface area contributed by atoms with Gasteiger partial charge in [0.2, 0.25) is 5.91 Å². The van der Waals surface area contributed by atoms with E-state index in [2.05, 4.69) is 5.32 Å². The molecule has 1 fully saturated rings. The van der Waals surface area contributed by atoms with E-state index in [1.54, 1.807) is 7.11 Å². The van der Waals surface area contributed by atoms with Gasteiger partial charge in [-0.2, -0.15) is 0 Å². The number of nitrogens with one attached hydrogen (secondary N) is 1. The molecule has 5 nitrogen and oxygen atoms in total. The molecule has 4 rings (SSSR count). The summed E-state index contributed by atoms with van der Waals surface area (Å²) in [6, 6.07) is 19.1. The Bertz CT molecular complexity index is 1090. The van der Waals surface area contributed by atoms with Gasteiger partial charge >= 0.3 is 0 Å². The molecule has 1 saturated heterocycles. The normalized spacial score (nSPS) is 14.2. The van der Waals surface area contributed by atoms with Crippen LogP contribution < -0.4 is 10.1 Å². The number of para-hydroxylation sites is 1. The van der Waals surface area contributed by atoms with Gasteiger partial charge in [-0.1, -0.05) is 41.9 Å². The molecule has 1 aliphatic heterocycles. The Morgan fingerprint density at radius 2 is 1.78 bits per heavy atom. The first-order valence-electron chi connectivity index (χ1n) is 10.6. The number of rotatable bonds is 6. The van der Waals surface area contributed by atoms with Crippen molar-refractivity contribution in [2.24, 2.45) is 0 Å². The van der Waals surface area contributed by atoms with Gasteiger partial charge in [-0.3, -0.25) is 9.59 Å². The van der Waals surface area contributed by atoms with Crippen molar-refractivity contribution in [3.05, 3.63) is 76.1 Å². The minimum absolute atomic E-state index is 0.0611. The third-order valence-electron chi connectivity index (χ3n) is 5.68. The molecule has 0 bridgehead atoms. The highest BCUT2D eigenvalue weighted by atomic mass is 35.5. The van der Waals surface area contributed by atoms with Crippen molar-refractivity contribution in [2.75, 3.05) is 20.2 Å². The number of amides is 2. The number of carbonyl (C=O) groups is 2. The number of benzene rings is 2. The second kappa shape index (κ2) is 10.2. The van der Waals surface area contributed by atoms with E-state index in [0.717, 1.165) is 34.6 Å².